The molecule has 3 fully saturated rings. The Hall–Kier alpha value is -1.37. The summed E-state index contributed by atoms with van der Waals surface area (Å²) in [5.74, 6) is 1.71. The molecule has 4 rings (SSSR count). The van der Waals surface area contributed by atoms with Crippen molar-refractivity contribution >= 4 is 28.7 Å². The first-order chi connectivity index (χ1) is 13.5. The fourth-order valence-electron chi connectivity index (χ4n) is 4.71. The Kier molecular flexibility index (Phi) is 7.55. The SMILES string of the molecule is CCN(CC)CC1CN2CCC1CC2CNC(=S)Nc1ccc(N(C)C)cc1. The molecule has 3 saturated heterocycles. The van der Waals surface area contributed by atoms with E-state index in [-0.39, 0.29) is 0 Å². The number of rotatable bonds is 8. The van der Waals surface area contributed by atoms with Crippen LogP contribution < -0.4 is 15.5 Å². The van der Waals surface area contributed by atoms with Crippen molar-refractivity contribution in [3.05, 3.63) is 24.3 Å². The van der Waals surface area contributed by atoms with Gasteiger partial charge in [-0.15, -0.1) is 0 Å². The van der Waals surface area contributed by atoms with E-state index in [2.05, 4.69) is 77.5 Å². The minimum atomic E-state index is 0.613. The molecule has 0 spiro atoms. The molecule has 0 aromatic heterocycles. The Bertz CT molecular complexity index is 628. The molecular weight excluding hydrogens is 366 g/mol. The number of nitrogens with one attached hydrogen (secondary N) is 2. The van der Waals surface area contributed by atoms with Crippen LogP contribution in [0.5, 0.6) is 0 Å². The van der Waals surface area contributed by atoms with Crippen molar-refractivity contribution < 1.29 is 0 Å². The van der Waals surface area contributed by atoms with Gasteiger partial charge in [0.15, 0.2) is 5.11 Å². The van der Waals surface area contributed by atoms with Gasteiger partial charge in [-0.1, -0.05) is 13.8 Å². The Morgan fingerprint density at radius 3 is 2.46 bits per heavy atom. The molecule has 2 N–H and O–H groups in total. The Balaban J connectivity index is 1.45. The molecule has 3 aliphatic rings. The van der Waals surface area contributed by atoms with E-state index < -0.39 is 0 Å². The van der Waals surface area contributed by atoms with Crippen LogP contribution in [-0.2, 0) is 0 Å². The van der Waals surface area contributed by atoms with E-state index >= 15 is 0 Å². The number of nitrogens with zero attached hydrogens (tertiary/aromatic N) is 3. The maximum absolute atomic E-state index is 5.53. The third-order valence-electron chi connectivity index (χ3n) is 6.54. The second-order valence-corrected chi connectivity index (χ2v) is 8.86. The molecule has 0 saturated carbocycles. The summed E-state index contributed by atoms with van der Waals surface area (Å²) in [5, 5.41) is 7.50. The van der Waals surface area contributed by atoms with Crippen molar-refractivity contribution in [1.82, 2.24) is 15.1 Å². The Morgan fingerprint density at radius 1 is 1.18 bits per heavy atom. The van der Waals surface area contributed by atoms with E-state index in [1.54, 1.807) is 0 Å². The molecule has 2 bridgehead atoms. The van der Waals surface area contributed by atoms with E-state index in [4.69, 9.17) is 12.2 Å². The number of benzene rings is 1. The number of hydrogen-bond donors (Lipinski definition) is 2. The van der Waals surface area contributed by atoms with Crippen molar-refractivity contribution in [1.29, 1.82) is 0 Å². The van der Waals surface area contributed by atoms with Crippen LogP contribution in [0.3, 0.4) is 0 Å². The molecule has 0 amide bonds. The van der Waals surface area contributed by atoms with Crippen LogP contribution in [0.1, 0.15) is 26.7 Å². The van der Waals surface area contributed by atoms with Crippen LogP contribution in [0.2, 0.25) is 0 Å². The fraction of sp³-hybridized carbons (Fsp3) is 0.682. The van der Waals surface area contributed by atoms with Crippen LogP contribution in [0, 0.1) is 11.8 Å². The summed E-state index contributed by atoms with van der Waals surface area (Å²) in [7, 11) is 4.10. The average Bonchev–Trinajstić information content (AvgIpc) is 2.71. The van der Waals surface area contributed by atoms with Gasteiger partial charge in [-0.25, -0.2) is 0 Å². The predicted octanol–water partition coefficient (Wildman–Crippen LogP) is 3.09. The molecule has 156 valence electrons. The second kappa shape index (κ2) is 9.90. The lowest BCUT2D eigenvalue weighted by Crippen LogP contribution is -2.58. The van der Waals surface area contributed by atoms with Gasteiger partial charge >= 0.3 is 0 Å². The number of thiocarbonyl (C=S) groups is 1. The topological polar surface area (TPSA) is 33.8 Å². The minimum Gasteiger partial charge on any atom is -0.378 e. The molecule has 4 atom stereocenters. The summed E-state index contributed by atoms with van der Waals surface area (Å²) in [4.78, 5) is 7.37. The quantitative estimate of drug-likeness (QED) is 0.649. The van der Waals surface area contributed by atoms with Crippen molar-refractivity contribution in [2.45, 2.75) is 32.7 Å². The van der Waals surface area contributed by atoms with E-state index in [1.165, 1.54) is 51.3 Å². The zero-order valence-corrected chi connectivity index (χ0v) is 18.8. The van der Waals surface area contributed by atoms with E-state index in [0.717, 1.165) is 29.2 Å². The molecule has 3 aliphatic heterocycles. The summed E-state index contributed by atoms with van der Waals surface area (Å²) in [5.41, 5.74) is 2.22. The highest BCUT2D eigenvalue weighted by atomic mass is 32.1. The summed E-state index contributed by atoms with van der Waals surface area (Å²) in [6.45, 7) is 11.6. The van der Waals surface area contributed by atoms with Crippen molar-refractivity contribution in [3.63, 3.8) is 0 Å². The zero-order chi connectivity index (χ0) is 20.1. The first-order valence-corrected chi connectivity index (χ1v) is 11.2. The minimum absolute atomic E-state index is 0.613. The lowest BCUT2D eigenvalue weighted by Gasteiger charge is -2.51. The van der Waals surface area contributed by atoms with Gasteiger partial charge in [-0.3, -0.25) is 4.90 Å². The molecule has 28 heavy (non-hydrogen) atoms. The molecule has 0 radical (unpaired) electrons. The first kappa shape index (κ1) is 21.3. The Morgan fingerprint density at radius 2 is 1.89 bits per heavy atom. The highest BCUT2D eigenvalue weighted by Crippen LogP contribution is 2.36. The molecule has 1 aromatic rings. The van der Waals surface area contributed by atoms with Gasteiger partial charge in [0.1, 0.15) is 0 Å². The van der Waals surface area contributed by atoms with Gasteiger partial charge in [0.25, 0.3) is 0 Å². The molecule has 6 heteroatoms. The monoisotopic (exact) mass is 403 g/mol. The predicted molar refractivity (Wildman–Crippen MR) is 124 cm³/mol. The molecule has 1 aromatic carbocycles. The van der Waals surface area contributed by atoms with E-state index in [9.17, 15) is 0 Å². The number of hydrogen-bond acceptors (Lipinski definition) is 4. The van der Waals surface area contributed by atoms with Crippen molar-refractivity contribution in [3.8, 4) is 0 Å². The summed E-state index contributed by atoms with van der Waals surface area (Å²) in [6, 6.07) is 8.97. The molecule has 0 aliphatic carbocycles. The normalized spacial score (nSPS) is 26.3. The smallest absolute Gasteiger partial charge is 0.170 e. The summed E-state index contributed by atoms with van der Waals surface area (Å²) in [6.07, 6.45) is 2.67. The Labute approximate surface area is 176 Å². The van der Waals surface area contributed by atoms with Crippen molar-refractivity contribution in [2.75, 3.05) is 63.6 Å². The third kappa shape index (κ3) is 5.37. The highest BCUT2D eigenvalue weighted by Gasteiger charge is 2.40. The van der Waals surface area contributed by atoms with Gasteiger partial charge in [0.2, 0.25) is 0 Å². The van der Waals surface area contributed by atoms with Crippen LogP contribution in [0.15, 0.2) is 24.3 Å². The van der Waals surface area contributed by atoms with E-state index in [0.29, 0.717) is 6.04 Å². The zero-order valence-electron chi connectivity index (χ0n) is 17.9. The van der Waals surface area contributed by atoms with Crippen LogP contribution in [0.25, 0.3) is 0 Å². The average molecular weight is 404 g/mol. The van der Waals surface area contributed by atoms with Crippen LogP contribution in [-0.4, -0.2) is 74.3 Å². The van der Waals surface area contributed by atoms with Crippen molar-refractivity contribution in [2.24, 2.45) is 11.8 Å². The largest absolute Gasteiger partial charge is 0.378 e. The van der Waals surface area contributed by atoms with Gasteiger partial charge in [-0.2, -0.15) is 0 Å². The van der Waals surface area contributed by atoms with Crippen LogP contribution >= 0.6 is 12.2 Å². The van der Waals surface area contributed by atoms with Gasteiger partial charge in [-0.05, 0) is 80.8 Å². The van der Waals surface area contributed by atoms with Gasteiger partial charge in [0.05, 0.1) is 0 Å². The lowest BCUT2D eigenvalue weighted by atomic mass is 9.75. The standard InChI is InChI=1S/C22H37N5S/c1-5-26(6-2)15-18-16-27-12-11-17(18)13-21(27)14-23-22(28)24-19-7-9-20(10-8-19)25(3)4/h7-10,17-18,21H,5-6,11-16H2,1-4H3,(H2,23,24,28). The summed E-state index contributed by atoms with van der Waals surface area (Å²) >= 11 is 5.53. The molecular formula is C22H37N5S. The fourth-order valence-corrected chi connectivity index (χ4v) is 4.91. The number of fused-ring (bicyclic) bond motifs is 3. The first-order valence-electron chi connectivity index (χ1n) is 10.8. The third-order valence-corrected chi connectivity index (χ3v) is 6.79. The highest BCUT2D eigenvalue weighted by molar-refractivity contribution is 7.80. The maximum atomic E-state index is 5.53. The van der Waals surface area contributed by atoms with Gasteiger partial charge < -0.3 is 20.4 Å². The van der Waals surface area contributed by atoms with Crippen LogP contribution in [0.4, 0.5) is 11.4 Å². The molecule has 4 unspecified atom stereocenters. The second-order valence-electron chi connectivity index (χ2n) is 8.46. The lowest BCUT2D eigenvalue weighted by molar-refractivity contribution is -0.00933. The number of piperidine rings is 3. The number of anilines is 2. The summed E-state index contributed by atoms with van der Waals surface area (Å²) < 4.78 is 0. The molecule has 3 heterocycles. The maximum Gasteiger partial charge on any atom is 0.170 e. The molecule has 5 nitrogen and oxygen atoms in total. The van der Waals surface area contributed by atoms with Gasteiger partial charge in [0, 0.05) is 51.1 Å². The van der Waals surface area contributed by atoms with E-state index in [1.807, 2.05) is 0 Å².